The van der Waals surface area contributed by atoms with Gasteiger partial charge in [-0.05, 0) is 35.7 Å². The van der Waals surface area contributed by atoms with Crippen LogP contribution in [-0.4, -0.2) is 29.2 Å². The number of aromatic hydroxyl groups is 1. The molecule has 0 bridgehead atoms. The molecule has 144 valence electrons. The maximum absolute atomic E-state index is 11.3. The molecular weight excluding hydrogens is 388 g/mol. The highest BCUT2D eigenvalue weighted by Crippen LogP contribution is 2.40. The molecule has 7 N–H and O–H groups in total. The molecule has 0 amide bonds. The predicted molar refractivity (Wildman–Crippen MR) is 102 cm³/mol. The maximum atomic E-state index is 11.3. The van der Waals surface area contributed by atoms with Gasteiger partial charge in [0, 0.05) is 11.8 Å². The van der Waals surface area contributed by atoms with Crippen molar-refractivity contribution in [3.63, 3.8) is 0 Å². The minimum Gasteiger partial charge on any atom is -0.507 e. The van der Waals surface area contributed by atoms with E-state index in [-0.39, 0.29) is 39.1 Å². The molecule has 3 aromatic rings. The Balaban J connectivity index is 2.21. The van der Waals surface area contributed by atoms with E-state index < -0.39 is 26.7 Å². The van der Waals surface area contributed by atoms with Gasteiger partial charge in [0.05, 0.1) is 21.5 Å². The molecule has 0 saturated carbocycles. The van der Waals surface area contributed by atoms with Crippen LogP contribution in [-0.2, 0) is 10.1 Å². The second kappa shape index (κ2) is 6.79. The van der Waals surface area contributed by atoms with Gasteiger partial charge in [-0.3, -0.25) is 4.55 Å². The first kappa shape index (κ1) is 19.1. The highest BCUT2D eigenvalue weighted by molar-refractivity contribution is 7.85. The van der Waals surface area contributed by atoms with Crippen molar-refractivity contribution < 1.29 is 28.0 Å². The van der Waals surface area contributed by atoms with E-state index in [4.69, 9.17) is 11.5 Å². The van der Waals surface area contributed by atoms with Crippen molar-refractivity contribution >= 4 is 49.6 Å². The van der Waals surface area contributed by atoms with Crippen molar-refractivity contribution in [1.82, 2.24) is 0 Å². The number of nitrogens with zero attached hydrogens (tertiary/aromatic N) is 2. The highest BCUT2D eigenvalue weighted by atomic mass is 32.2. The van der Waals surface area contributed by atoms with E-state index in [1.54, 1.807) is 0 Å². The molecule has 0 aliphatic heterocycles. The number of nitrogen functional groups attached to an aromatic ring is 2. The van der Waals surface area contributed by atoms with Crippen molar-refractivity contribution in [2.75, 3.05) is 11.5 Å². The molecule has 0 fully saturated rings. The number of aromatic carboxylic acids is 1. The van der Waals surface area contributed by atoms with Gasteiger partial charge in [-0.1, -0.05) is 6.07 Å². The maximum Gasteiger partial charge on any atom is 0.338 e. The zero-order chi connectivity index (χ0) is 20.6. The summed E-state index contributed by atoms with van der Waals surface area (Å²) in [4.78, 5) is 10.8. The van der Waals surface area contributed by atoms with Gasteiger partial charge in [0.15, 0.2) is 0 Å². The quantitative estimate of drug-likeness (QED) is 0.250. The van der Waals surface area contributed by atoms with Gasteiger partial charge in [0.1, 0.15) is 17.1 Å². The van der Waals surface area contributed by atoms with E-state index in [0.717, 1.165) is 12.1 Å². The van der Waals surface area contributed by atoms with Crippen molar-refractivity contribution in [3.8, 4) is 5.75 Å². The van der Waals surface area contributed by atoms with Gasteiger partial charge in [0.2, 0.25) is 0 Å². The second-order valence-electron chi connectivity index (χ2n) is 5.80. The molecule has 0 atom stereocenters. The van der Waals surface area contributed by atoms with Crippen molar-refractivity contribution in [2.24, 2.45) is 10.2 Å². The van der Waals surface area contributed by atoms with Gasteiger partial charge >= 0.3 is 5.97 Å². The summed E-state index contributed by atoms with van der Waals surface area (Å²) in [5, 5.41) is 27.7. The molecule has 3 aromatic carbocycles. The zero-order valence-corrected chi connectivity index (χ0v) is 14.9. The van der Waals surface area contributed by atoms with Gasteiger partial charge in [-0.2, -0.15) is 8.42 Å². The summed E-state index contributed by atoms with van der Waals surface area (Å²) in [7, 11) is -4.54. The smallest absolute Gasteiger partial charge is 0.338 e. The molecule has 10 nitrogen and oxygen atoms in total. The van der Waals surface area contributed by atoms with Crippen LogP contribution in [0.2, 0.25) is 0 Å². The summed E-state index contributed by atoms with van der Waals surface area (Å²) >= 11 is 0. The van der Waals surface area contributed by atoms with Crippen LogP contribution in [0.1, 0.15) is 10.4 Å². The van der Waals surface area contributed by atoms with Gasteiger partial charge in [-0.15, -0.1) is 10.2 Å². The molecule has 0 aromatic heterocycles. The van der Waals surface area contributed by atoms with Crippen molar-refractivity contribution in [1.29, 1.82) is 0 Å². The second-order valence-corrected chi connectivity index (χ2v) is 7.22. The first-order chi connectivity index (χ1) is 13.1. The third-order valence-electron chi connectivity index (χ3n) is 3.88. The lowest BCUT2D eigenvalue weighted by Crippen LogP contribution is -1.98. The monoisotopic (exact) mass is 402 g/mol. The molecule has 28 heavy (non-hydrogen) atoms. The zero-order valence-electron chi connectivity index (χ0n) is 14.1. The fourth-order valence-electron chi connectivity index (χ4n) is 2.59. The minimum absolute atomic E-state index is 0.00468. The number of benzene rings is 3. The van der Waals surface area contributed by atoms with Crippen LogP contribution in [0.5, 0.6) is 5.75 Å². The Morgan fingerprint density at radius 3 is 2.36 bits per heavy atom. The first-order valence-electron chi connectivity index (χ1n) is 7.65. The summed E-state index contributed by atoms with van der Waals surface area (Å²) in [5.41, 5.74) is 11.7. The molecule has 11 heteroatoms. The number of hydrogen-bond acceptors (Lipinski definition) is 8. The van der Waals surface area contributed by atoms with E-state index >= 15 is 0 Å². The molecule has 0 aliphatic carbocycles. The lowest BCUT2D eigenvalue weighted by Gasteiger charge is -2.09. The van der Waals surface area contributed by atoms with Gasteiger partial charge < -0.3 is 21.7 Å². The molecular formula is C17H14N4O6S. The number of phenolic OH excluding ortho intramolecular Hbond substituents is 1. The summed E-state index contributed by atoms with van der Waals surface area (Å²) < 4.78 is 31.8. The summed E-state index contributed by atoms with van der Waals surface area (Å²) in [6.07, 6.45) is 0. The Hall–Kier alpha value is -3.70. The minimum atomic E-state index is -4.54. The van der Waals surface area contributed by atoms with E-state index in [1.165, 1.54) is 30.3 Å². The van der Waals surface area contributed by atoms with E-state index in [1.807, 2.05) is 0 Å². The molecule has 0 unspecified atom stereocenters. The van der Waals surface area contributed by atoms with Crippen LogP contribution in [0, 0.1) is 0 Å². The number of phenols is 1. The van der Waals surface area contributed by atoms with E-state index in [2.05, 4.69) is 10.2 Å². The summed E-state index contributed by atoms with van der Waals surface area (Å²) in [5.74, 6) is -1.75. The summed E-state index contributed by atoms with van der Waals surface area (Å²) in [6, 6.07) is 8.85. The Bertz CT molecular complexity index is 1250. The normalized spacial score (nSPS) is 11.9. The number of carboxylic acids is 1. The third kappa shape index (κ3) is 3.56. The number of anilines is 2. The van der Waals surface area contributed by atoms with Crippen LogP contribution in [0.4, 0.5) is 22.7 Å². The fourth-order valence-corrected chi connectivity index (χ4v) is 3.12. The molecule has 0 radical (unpaired) electrons. The largest absolute Gasteiger partial charge is 0.507 e. The molecule has 0 heterocycles. The number of fused-ring (bicyclic) bond motifs is 1. The summed E-state index contributed by atoms with van der Waals surface area (Å²) in [6.45, 7) is 0. The molecule has 0 saturated heterocycles. The van der Waals surface area contributed by atoms with Crippen LogP contribution in [0.15, 0.2) is 57.6 Å². The lowest BCUT2D eigenvalue weighted by atomic mass is 10.1. The Kier molecular flexibility index (Phi) is 4.63. The average Bonchev–Trinajstić information content (AvgIpc) is 2.60. The number of carbonyl (C=O) groups is 1. The Morgan fingerprint density at radius 2 is 1.71 bits per heavy atom. The average molecular weight is 402 g/mol. The topological polar surface area (TPSA) is 189 Å². The lowest BCUT2D eigenvalue weighted by molar-refractivity contribution is 0.0697. The van der Waals surface area contributed by atoms with Crippen molar-refractivity contribution in [3.05, 3.63) is 48.0 Å². The third-order valence-corrected chi connectivity index (χ3v) is 4.71. The van der Waals surface area contributed by atoms with Crippen LogP contribution in [0.25, 0.3) is 10.8 Å². The standard InChI is InChI=1S/C17H14N4O6S/c18-9-2-4-13(11(6-9)17(23)24)20-21-16-12(19)3-1-8-5-10(28(25,26)27)7-14(22)15(8)16/h1-7,22H,18-19H2,(H,23,24)(H,25,26,27). The van der Waals surface area contributed by atoms with E-state index in [9.17, 15) is 28.0 Å². The molecule has 0 spiro atoms. The van der Waals surface area contributed by atoms with Crippen LogP contribution >= 0.6 is 0 Å². The van der Waals surface area contributed by atoms with Crippen LogP contribution < -0.4 is 11.5 Å². The first-order valence-corrected chi connectivity index (χ1v) is 9.09. The van der Waals surface area contributed by atoms with E-state index in [0.29, 0.717) is 0 Å². The Labute approximate surface area is 158 Å². The Morgan fingerprint density at radius 1 is 1.00 bits per heavy atom. The number of hydrogen-bond donors (Lipinski definition) is 5. The number of azo groups is 1. The van der Waals surface area contributed by atoms with Crippen molar-refractivity contribution in [2.45, 2.75) is 4.90 Å². The predicted octanol–water partition coefficient (Wildman–Crippen LogP) is 3.07. The number of nitrogens with two attached hydrogens (primary N) is 2. The number of rotatable bonds is 4. The SMILES string of the molecule is Nc1ccc(N=Nc2c(N)ccc3cc(S(=O)(=O)O)cc(O)c23)c(C(=O)O)c1. The number of carboxylic acid groups (broad SMARTS) is 1. The van der Waals surface area contributed by atoms with Gasteiger partial charge in [-0.25, -0.2) is 4.79 Å². The van der Waals surface area contributed by atoms with Crippen LogP contribution in [0.3, 0.4) is 0 Å². The molecule has 0 aliphatic rings. The fraction of sp³-hybridized carbons (Fsp3) is 0. The van der Waals surface area contributed by atoms with Gasteiger partial charge in [0.25, 0.3) is 10.1 Å². The molecule has 3 rings (SSSR count). The highest BCUT2D eigenvalue weighted by Gasteiger charge is 2.17.